The summed E-state index contributed by atoms with van der Waals surface area (Å²) in [5.74, 6) is -1.02. The van der Waals surface area contributed by atoms with Gasteiger partial charge in [0.2, 0.25) is 0 Å². The largest absolute Gasteiger partial charge is 0.430 e. The second-order valence-electron chi connectivity index (χ2n) is 6.85. The smallest absolute Gasteiger partial charge is 0.418 e. The van der Waals surface area contributed by atoms with Gasteiger partial charge in [0.05, 0.1) is 6.04 Å². The number of imide groups is 1. The Labute approximate surface area is 152 Å². The molecule has 0 aromatic heterocycles. The van der Waals surface area contributed by atoms with E-state index in [1.807, 2.05) is 74.5 Å². The molecule has 136 valence electrons. The first kappa shape index (κ1) is 18.1. The van der Waals surface area contributed by atoms with E-state index in [9.17, 15) is 14.0 Å². The van der Waals surface area contributed by atoms with Crippen LogP contribution in [-0.2, 0) is 15.1 Å². The van der Waals surface area contributed by atoms with Crippen LogP contribution in [0.4, 0.5) is 9.18 Å². The maximum Gasteiger partial charge on any atom is 0.418 e. The van der Waals surface area contributed by atoms with E-state index in [-0.39, 0.29) is 5.92 Å². The Kier molecular flexibility index (Phi) is 4.81. The van der Waals surface area contributed by atoms with Gasteiger partial charge in [0.15, 0.2) is 11.8 Å². The molecule has 1 heterocycles. The topological polar surface area (TPSA) is 46.6 Å². The number of cyclic esters (lactones) is 1. The van der Waals surface area contributed by atoms with Gasteiger partial charge >= 0.3 is 6.09 Å². The van der Waals surface area contributed by atoms with Crippen LogP contribution >= 0.6 is 0 Å². The van der Waals surface area contributed by atoms with Crippen molar-refractivity contribution in [3.63, 3.8) is 0 Å². The zero-order valence-electron chi connectivity index (χ0n) is 15.1. The lowest BCUT2D eigenvalue weighted by molar-refractivity contribution is -0.135. The summed E-state index contributed by atoms with van der Waals surface area (Å²) in [6, 6.07) is 18.0. The summed E-state index contributed by atoms with van der Waals surface area (Å²) in [6.45, 7) is 4.94. The van der Waals surface area contributed by atoms with Gasteiger partial charge in [-0.05, 0) is 12.8 Å². The Morgan fingerprint density at radius 1 is 1.00 bits per heavy atom. The lowest BCUT2D eigenvalue weighted by Crippen LogP contribution is -2.51. The Hall–Kier alpha value is -2.69. The van der Waals surface area contributed by atoms with Crippen molar-refractivity contribution in [2.24, 2.45) is 5.92 Å². The number of amides is 2. The van der Waals surface area contributed by atoms with Crippen molar-refractivity contribution in [3.8, 4) is 0 Å². The number of hydrogen-bond donors (Lipinski definition) is 0. The highest BCUT2D eigenvalue weighted by Gasteiger charge is 2.59. The molecular weight excluding hydrogens is 333 g/mol. The lowest BCUT2D eigenvalue weighted by atomic mass is 9.75. The van der Waals surface area contributed by atoms with E-state index in [1.54, 1.807) is 0 Å². The first-order valence-corrected chi connectivity index (χ1v) is 8.70. The van der Waals surface area contributed by atoms with Gasteiger partial charge in [-0.1, -0.05) is 74.5 Å². The van der Waals surface area contributed by atoms with Crippen molar-refractivity contribution in [3.05, 3.63) is 71.8 Å². The van der Waals surface area contributed by atoms with Crippen molar-refractivity contribution < 1.29 is 18.7 Å². The molecule has 5 heteroatoms. The van der Waals surface area contributed by atoms with Crippen LogP contribution < -0.4 is 0 Å². The molecule has 2 aromatic rings. The minimum absolute atomic E-state index is 0.149. The highest BCUT2D eigenvalue weighted by molar-refractivity contribution is 5.96. The number of rotatable bonds is 4. The van der Waals surface area contributed by atoms with Crippen molar-refractivity contribution in [2.45, 2.75) is 38.6 Å². The predicted octanol–water partition coefficient (Wildman–Crippen LogP) is 4.29. The van der Waals surface area contributed by atoms with Gasteiger partial charge in [0.25, 0.3) is 5.91 Å². The molecule has 2 aromatic carbocycles. The Morgan fingerprint density at radius 2 is 1.46 bits per heavy atom. The van der Waals surface area contributed by atoms with Gasteiger partial charge in [-0.15, -0.1) is 0 Å². The molecular formula is C21H22FNO3. The SMILES string of the molecule is CC(F)C(=O)N1C(=O)OC(c2ccccc2)(c2ccccc2)[C@H]1C(C)C. The van der Waals surface area contributed by atoms with Crippen LogP contribution in [0.2, 0.25) is 0 Å². The first-order valence-electron chi connectivity index (χ1n) is 8.70. The number of halogens is 1. The summed E-state index contributed by atoms with van der Waals surface area (Å²) in [5, 5.41) is 0. The third kappa shape index (κ3) is 2.77. The summed E-state index contributed by atoms with van der Waals surface area (Å²) in [5.41, 5.74) is 0.318. The van der Waals surface area contributed by atoms with Crippen LogP contribution in [0.3, 0.4) is 0 Å². The Morgan fingerprint density at radius 3 is 1.85 bits per heavy atom. The molecule has 1 unspecified atom stereocenters. The van der Waals surface area contributed by atoms with Gasteiger partial charge in [0.1, 0.15) is 0 Å². The average molecular weight is 355 g/mol. The summed E-state index contributed by atoms with van der Waals surface area (Å²) < 4.78 is 19.7. The highest BCUT2D eigenvalue weighted by Crippen LogP contribution is 2.47. The minimum atomic E-state index is -1.79. The van der Waals surface area contributed by atoms with E-state index < -0.39 is 29.8 Å². The number of hydrogen-bond acceptors (Lipinski definition) is 3. The normalized spacial score (nSPS) is 20.1. The molecule has 2 amide bonds. The van der Waals surface area contributed by atoms with Gasteiger partial charge < -0.3 is 4.74 Å². The quantitative estimate of drug-likeness (QED) is 0.822. The summed E-state index contributed by atoms with van der Waals surface area (Å²) in [6.07, 6.45) is -2.60. The Balaban J connectivity index is 2.27. The number of carbonyl (C=O) groups is 2. The number of carbonyl (C=O) groups excluding carboxylic acids is 2. The van der Waals surface area contributed by atoms with E-state index in [1.165, 1.54) is 0 Å². The lowest BCUT2D eigenvalue weighted by Gasteiger charge is -2.37. The standard InChI is InChI=1S/C21H22FNO3/c1-14(2)18-21(16-10-6-4-7-11-16,17-12-8-5-9-13-17)26-20(25)23(18)19(24)15(3)22/h4-15,18H,1-3H3/t15?,18-/m1/s1. The zero-order valence-corrected chi connectivity index (χ0v) is 15.1. The molecule has 1 fully saturated rings. The van der Waals surface area contributed by atoms with Crippen LogP contribution in [0.25, 0.3) is 0 Å². The average Bonchev–Trinajstić information content (AvgIpc) is 2.96. The molecule has 1 aliphatic heterocycles. The minimum Gasteiger partial charge on any atom is -0.430 e. The number of benzene rings is 2. The predicted molar refractivity (Wildman–Crippen MR) is 96.2 cm³/mol. The summed E-state index contributed by atoms with van der Waals surface area (Å²) >= 11 is 0. The molecule has 0 N–H and O–H groups in total. The molecule has 0 radical (unpaired) electrons. The van der Waals surface area contributed by atoms with Gasteiger partial charge in [-0.3, -0.25) is 4.79 Å². The van der Waals surface area contributed by atoms with Crippen molar-refractivity contribution in [1.29, 1.82) is 0 Å². The van der Waals surface area contributed by atoms with Gasteiger partial charge in [-0.25, -0.2) is 14.1 Å². The van der Waals surface area contributed by atoms with Crippen LogP contribution in [0.15, 0.2) is 60.7 Å². The van der Waals surface area contributed by atoms with E-state index in [0.717, 1.165) is 23.0 Å². The van der Waals surface area contributed by atoms with E-state index >= 15 is 0 Å². The molecule has 0 bridgehead atoms. The monoisotopic (exact) mass is 355 g/mol. The summed E-state index contributed by atoms with van der Waals surface area (Å²) in [4.78, 5) is 26.1. The van der Waals surface area contributed by atoms with E-state index in [0.29, 0.717) is 0 Å². The molecule has 1 saturated heterocycles. The number of nitrogens with zero attached hydrogens (tertiary/aromatic N) is 1. The Bertz CT molecular complexity index is 750. The van der Waals surface area contributed by atoms with Crippen molar-refractivity contribution in [1.82, 2.24) is 4.90 Å². The molecule has 0 aliphatic carbocycles. The van der Waals surface area contributed by atoms with Crippen LogP contribution in [0.5, 0.6) is 0 Å². The van der Waals surface area contributed by atoms with Crippen LogP contribution in [0, 0.1) is 5.92 Å². The third-order valence-corrected chi connectivity index (χ3v) is 4.75. The fourth-order valence-corrected chi connectivity index (χ4v) is 3.73. The zero-order chi connectivity index (χ0) is 18.9. The van der Waals surface area contributed by atoms with Crippen LogP contribution in [0.1, 0.15) is 31.9 Å². The van der Waals surface area contributed by atoms with E-state index in [4.69, 9.17) is 4.74 Å². The van der Waals surface area contributed by atoms with Gasteiger partial charge in [0, 0.05) is 11.1 Å². The summed E-state index contributed by atoms with van der Waals surface area (Å²) in [7, 11) is 0. The second kappa shape index (κ2) is 6.90. The van der Waals surface area contributed by atoms with Crippen molar-refractivity contribution >= 4 is 12.0 Å². The highest BCUT2D eigenvalue weighted by atomic mass is 19.1. The fourth-order valence-electron chi connectivity index (χ4n) is 3.73. The molecule has 1 aliphatic rings. The number of alkyl halides is 1. The molecule has 3 rings (SSSR count). The van der Waals surface area contributed by atoms with Crippen LogP contribution in [-0.4, -0.2) is 29.1 Å². The molecule has 4 nitrogen and oxygen atoms in total. The van der Waals surface area contributed by atoms with Gasteiger partial charge in [-0.2, -0.15) is 0 Å². The van der Waals surface area contributed by atoms with Crippen molar-refractivity contribution in [2.75, 3.05) is 0 Å². The molecule has 0 saturated carbocycles. The fraction of sp³-hybridized carbons (Fsp3) is 0.333. The van der Waals surface area contributed by atoms with E-state index in [2.05, 4.69) is 0 Å². The third-order valence-electron chi connectivity index (χ3n) is 4.75. The second-order valence-corrected chi connectivity index (χ2v) is 6.85. The number of ether oxygens (including phenoxy) is 1. The maximum atomic E-state index is 13.8. The first-order chi connectivity index (χ1) is 12.4. The molecule has 26 heavy (non-hydrogen) atoms. The molecule has 0 spiro atoms. The molecule has 2 atom stereocenters. The maximum absolute atomic E-state index is 13.8.